The molecule has 0 saturated heterocycles. The Hall–Kier alpha value is -1.30. The molecule has 0 radical (unpaired) electrons. The van der Waals surface area contributed by atoms with Gasteiger partial charge >= 0.3 is 20.4 Å². The molecule has 0 N–H and O–H groups in total. The van der Waals surface area contributed by atoms with E-state index in [1.807, 2.05) is 0 Å². The topological polar surface area (TPSA) is 0 Å². The Labute approximate surface area is 156 Å². The van der Waals surface area contributed by atoms with Gasteiger partial charge in [0.1, 0.15) is 9.79 Å². The number of halogens is 10. The van der Waals surface area contributed by atoms with Crippen molar-refractivity contribution in [3.05, 3.63) is 35.4 Å². The molecule has 0 amide bonds. The van der Waals surface area contributed by atoms with Crippen molar-refractivity contribution in [3.8, 4) is 0 Å². The third kappa shape index (κ3) is 6.64. The van der Waals surface area contributed by atoms with Crippen molar-refractivity contribution in [1.29, 1.82) is 0 Å². The summed E-state index contributed by atoms with van der Waals surface area (Å²) in [6.07, 6.45) is 3.40. The van der Waals surface area contributed by atoms with E-state index in [2.05, 4.69) is 0 Å². The first-order valence-electron chi connectivity index (χ1n) is 8.09. The Morgan fingerprint density at radius 3 is 1.11 bits per heavy atom. The van der Waals surface area contributed by atoms with Crippen molar-refractivity contribution in [3.63, 3.8) is 0 Å². The number of benzene rings is 1. The zero-order valence-corrected chi connectivity index (χ0v) is 16.5. The fourth-order valence-corrected chi connectivity index (χ4v) is 5.45. The lowest BCUT2D eigenvalue weighted by Crippen LogP contribution is -2.18. The molecule has 0 aliphatic rings. The largest absolute Gasteiger partial charge is 0.312 e. The minimum Gasteiger partial charge on any atom is -0.0936 e. The maximum Gasteiger partial charge on any atom is 0.312 e. The van der Waals surface area contributed by atoms with E-state index in [1.165, 1.54) is 0 Å². The average molecular weight is 466 g/mol. The second-order valence-electron chi connectivity index (χ2n) is 6.22. The minimum atomic E-state index is -11.2. The zero-order valence-electron chi connectivity index (χ0n) is 14.9. The molecule has 0 nitrogen and oxygen atoms in total. The Bertz CT molecular complexity index is 732. The first-order chi connectivity index (χ1) is 12.1. The molecule has 0 aromatic heterocycles. The van der Waals surface area contributed by atoms with Gasteiger partial charge in [-0.2, -0.15) is 0 Å². The van der Waals surface area contributed by atoms with Crippen molar-refractivity contribution in [1.82, 2.24) is 0 Å². The molecule has 28 heavy (non-hydrogen) atoms. The van der Waals surface area contributed by atoms with Crippen LogP contribution in [0.1, 0.15) is 50.7 Å². The van der Waals surface area contributed by atoms with Gasteiger partial charge in [-0.3, -0.25) is 0 Å². The van der Waals surface area contributed by atoms with Crippen molar-refractivity contribution >= 4 is 32.6 Å². The normalized spacial score (nSPS) is 18.7. The van der Waals surface area contributed by atoms with Gasteiger partial charge < -0.3 is 0 Å². The molecule has 0 fully saturated rings. The van der Waals surface area contributed by atoms with Gasteiger partial charge in [0, 0.05) is 0 Å². The lowest BCUT2D eigenvalue weighted by Gasteiger charge is -2.49. The van der Waals surface area contributed by atoms with E-state index in [1.54, 1.807) is 13.8 Å². The van der Waals surface area contributed by atoms with E-state index in [9.17, 15) is 38.9 Å². The van der Waals surface area contributed by atoms with Gasteiger partial charge in [-0.25, -0.2) is 0 Å². The Balaban J connectivity index is 4.17. The quantitative estimate of drug-likeness (QED) is 0.334. The molecule has 166 valence electrons. The van der Waals surface area contributed by atoms with Crippen LogP contribution in [-0.4, -0.2) is 0 Å². The number of hydrogen-bond acceptors (Lipinski definition) is 0. The van der Waals surface area contributed by atoms with Gasteiger partial charge in [-0.05, 0) is 24.0 Å². The lowest BCUT2D eigenvalue weighted by atomic mass is 10.1. The Kier molecular flexibility index (Phi) is 5.39. The van der Waals surface area contributed by atoms with E-state index in [0.29, 0.717) is 37.1 Å². The SMILES string of the molecule is CCC/C=C/c1ccc(/C=C/CCC)c(S(F)(F)(F)(F)F)c1S(F)(F)(F)(F)F. The number of unbranched alkanes of at least 4 members (excludes halogenated alkanes) is 2. The number of allylic oxidation sites excluding steroid dienone is 2. The van der Waals surface area contributed by atoms with E-state index < -0.39 is 41.4 Å². The lowest BCUT2D eigenvalue weighted by molar-refractivity contribution is 0.335. The van der Waals surface area contributed by atoms with Crippen LogP contribution in [0.25, 0.3) is 12.2 Å². The molecule has 0 atom stereocenters. The van der Waals surface area contributed by atoms with Crippen molar-refractivity contribution in [2.24, 2.45) is 0 Å². The van der Waals surface area contributed by atoms with Crippen LogP contribution in [0, 0.1) is 0 Å². The summed E-state index contributed by atoms with van der Waals surface area (Å²) in [4.78, 5) is -7.18. The molecular weight excluding hydrogens is 446 g/mol. The van der Waals surface area contributed by atoms with Crippen LogP contribution < -0.4 is 0 Å². The average Bonchev–Trinajstić information content (AvgIpc) is 2.43. The summed E-state index contributed by atoms with van der Waals surface area (Å²) < 4.78 is 135. The third-order valence-electron chi connectivity index (χ3n) is 3.45. The second kappa shape index (κ2) is 6.10. The molecule has 0 spiro atoms. The van der Waals surface area contributed by atoms with Gasteiger partial charge in [0.05, 0.1) is 0 Å². The summed E-state index contributed by atoms with van der Waals surface area (Å²) in [5.41, 5.74) is -3.30. The van der Waals surface area contributed by atoms with E-state index in [4.69, 9.17) is 0 Å². The smallest absolute Gasteiger partial charge is 0.0936 e. The fraction of sp³-hybridized carbons (Fsp3) is 0.375. The fourth-order valence-electron chi connectivity index (χ4n) is 2.41. The van der Waals surface area contributed by atoms with E-state index >= 15 is 0 Å². The molecule has 0 saturated carbocycles. The van der Waals surface area contributed by atoms with Gasteiger partial charge in [0.25, 0.3) is 0 Å². The van der Waals surface area contributed by atoms with Crippen LogP contribution in [-0.2, 0) is 0 Å². The van der Waals surface area contributed by atoms with Gasteiger partial charge in [-0.15, -0.1) is 0 Å². The van der Waals surface area contributed by atoms with Crippen LogP contribution >= 0.6 is 20.4 Å². The molecule has 12 heteroatoms. The molecule has 0 heterocycles. The van der Waals surface area contributed by atoms with Crippen LogP contribution in [0.5, 0.6) is 0 Å². The highest BCUT2D eigenvalue weighted by molar-refractivity contribution is 8.48. The molecule has 1 aromatic rings. The van der Waals surface area contributed by atoms with Crippen LogP contribution in [0.3, 0.4) is 0 Å². The summed E-state index contributed by atoms with van der Waals surface area (Å²) in [6, 6.07) is 0.691. The molecule has 0 aliphatic heterocycles. The molecule has 0 aliphatic carbocycles. The molecule has 1 rings (SSSR count). The van der Waals surface area contributed by atoms with Gasteiger partial charge in [0.15, 0.2) is 0 Å². The van der Waals surface area contributed by atoms with E-state index in [0.717, 1.165) is 12.2 Å². The van der Waals surface area contributed by atoms with Gasteiger partial charge in [0.2, 0.25) is 0 Å². The van der Waals surface area contributed by atoms with Crippen molar-refractivity contribution < 1.29 is 38.9 Å². The number of rotatable bonds is 8. The highest BCUT2D eigenvalue weighted by Gasteiger charge is 2.76. The first-order valence-corrected chi connectivity index (χ1v) is 12.0. The summed E-state index contributed by atoms with van der Waals surface area (Å²) in [6.45, 7) is 3.16. The number of hydrogen-bond donors (Lipinski definition) is 0. The van der Waals surface area contributed by atoms with Crippen LogP contribution in [0.15, 0.2) is 34.1 Å². The first kappa shape index (κ1) is 24.7. The predicted octanol–water partition coefficient (Wildman–Crippen LogP) is 10.6. The highest BCUT2D eigenvalue weighted by atomic mass is 32.5. The third-order valence-corrected chi connectivity index (χ3v) is 6.00. The maximum absolute atomic E-state index is 13.5. The molecular formula is C16H20F10S2. The molecule has 1 aromatic carbocycles. The van der Waals surface area contributed by atoms with Crippen LogP contribution in [0.4, 0.5) is 38.9 Å². The highest BCUT2D eigenvalue weighted by Crippen LogP contribution is 3.10. The van der Waals surface area contributed by atoms with Gasteiger partial charge in [-0.1, -0.05) is 102 Å². The minimum absolute atomic E-state index is 0.0592. The predicted molar refractivity (Wildman–Crippen MR) is 97.1 cm³/mol. The zero-order chi connectivity index (χ0) is 22.2. The van der Waals surface area contributed by atoms with Crippen molar-refractivity contribution in [2.45, 2.75) is 49.3 Å². The summed E-state index contributed by atoms with van der Waals surface area (Å²) in [7, 11) is -22.3. The monoisotopic (exact) mass is 466 g/mol. The summed E-state index contributed by atoms with van der Waals surface area (Å²) in [5, 5.41) is 0. The second-order valence-corrected chi connectivity index (χ2v) is 10.9. The Morgan fingerprint density at radius 1 is 0.607 bits per heavy atom. The van der Waals surface area contributed by atoms with E-state index in [-0.39, 0.29) is 12.8 Å². The Morgan fingerprint density at radius 2 is 0.893 bits per heavy atom. The molecule has 0 unspecified atom stereocenters. The summed E-state index contributed by atoms with van der Waals surface area (Å²) in [5.74, 6) is 0. The van der Waals surface area contributed by atoms with Crippen LogP contribution in [0.2, 0.25) is 0 Å². The maximum atomic E-state index is 13.5. The van der Waals surface area contributed by atoms with Crippen molar-refractivity contribution in [2.75, 3.05) is 0 Å². The standard InChI is InChI=1S/C16H20F10S2/c1-3-5-7-9-13-11-12-14(10-8-6-4-2)16(28(22,23,24,25)26)15(13)27(17,18,19,20)21/h7-12H,3-6H2,1-2H3/b9-7+,10-8+. The summed E-state index contributed by atoms with van der Waals surface area (Å²) >= 11 is 0. The molecule has 0 bridgehead atoms.